The van der Waals surface area contributed by atoms with E-state index in [0.29, 0.717) is 5.56 Å². The normalized spacial score (nSPS) is 9.68. The van der Waals surface area contributed by atoms with Crippen molar-refractivity contribution < 1.29 is 9.66 Å². The van der Waals surface area contributed by atoms with Gasteiger partial charge in [-0.25, -0.2) is 4.98 Å². The first kappa shape index (κ1) is 13.0. The fourth-order valence-electron chi connectivity index (χ4n) is 1.34. The smallest absolute Gasteiger partial charge is 0.287 e. The van der Waals surface area contributed by atoms with Gasteiger partial charge < -0.3 is 4.74 Å². The van der Waals surface area contributed by atoms with Gasteiger partial charge in [0.1, 0.15) is 10.5 Å². The number of nitro benzene ring substituents is 1. The SMILES string of the molecule is N#Cc1ccc(Oc2cccc([N+](=O)[O-])c2Br)nc1. The van der Waals surface area contributed by atoms with Gasteiger partial charge in [-0.3, -0.25) is 10.1 Å². The van der Waals surface area contributed by atoms with Crippen LogP contribution in [0.15, 0.2) is 41.0 Å². The molecular weight excluding hydrogens is 314 g/mol. The summed E-state index contributed by atoms with van der Waals surface area (Å²) in [6, 6.07) is 9.46. The van der Waals surface area contributed by atoms with Crippen LogP contribution in [0.25, 0.3) is 0 Å². The Labute approximate surface area is 116 Å². The summed E-state index contributed by atoms with van der Waals surface area (Å²) in [5.74, 6) is 0.534. The number of nitro groups is 1. The van der Waals surface area contributed by atoms with Crippen molar-refractivity contribution in [3.63, 3.8) is 0 Å². The minimum absolute atomic E-state index is 0.0915. The highest BCUT2D eigenvalue weighted by molar-refractivity contribution is 9.10. The number of ether oxygens (including phenoxy) is 1. The molecule has 7 heteroatoms. The minimum Gasteiger partial charge on any atom is -0.438 e. The number of nitrogens with zero attached hydrogens (tertiary/aromatic N) is 3. The second kappa shape index (κ2) is 5.46. The molecule has 1 heterocycles. The van der Waals surface area contributed by atoms with Gasteiger partial charge >= 0.3 is 0 Å². The molecule has 1 aromatic heterocycles. The monoisotopic (exact) mass is 319 g/mol. The molecule has 0 aliphatic rings. The van der Waals surface area contributed by atoms with Gasteiger partial charge in [-0.05, 0) is 28.1 Å². The lowest BCUT2D eigenvalue weighted by atomic mass is 10.3. The Bertz CT molecular complexity index is 665. The van der Waals surface area contributed by atoms with Gasteiger partial charge in [0.15, 0.2) is 5.75 Å². The van der Waals surface area contributed by atoms with E-state index in [1.165, 1.54) is 24.4 Å². The van der Waals surface area contributed by atoms with Crippen LogP contribution in [0.3, 0.4) is 0 Å². The molecule has 94 valence electrons. The van der Waals surface area contributed by atoms with Crippen molar-refractivity contribution in [1.82, 2.24) is 4.98 Å². The van der Waals surface area contributed by atoms with E-state index in [-0.39, 0.29) is 21.8 Å². The third kappa shape index (κ3) is 2.86. The molecule has 0 atom stereocenters. The molecule has 0 bridgehead atoms. The summed E-state index contributed by atoms with van der Waals surface area (Å²) in [5.41, 5.74) is 0.316. The van der Waals surface area contributed by atoms with Crippen molar-refractivity contribution in [2.75, 3.05) is 0 Å². The predicted octanol–water partition coefficient (Wildman–Crippen LogP) is 3.42. The summed E-state index contributed by atoms with van der Waals surface area (Å²) >= 11 is 3.12. The van der Waals surface area contributed by atoms with E-state index >= 15 is 0 Å². The lowest BCUT2D eigenvalue weighted by molar-refractivity contribution is -0.385. The predicted molar refractivity (Wildman–Crippen MR) is 69.8 cm³/mol. The van der Waals surface area contributed by atoms with Crippen LogP contribution in [-0.2, 0) is 0 Å². The van der Waals surface area contributed by atoms with Crippen LogP contribution in [0.5, 0.6) is 11.6 Å². The maximum Gasteiger partial charge on any atom is 0.287 e. The Balaban J connectivity index is 2.30. The summed E-state index contributed by atoms with van der Waals surface area (Å²) < 4.78 is 5.67. The van der Waals surface area contributed by atoms with Crippen LogP contribution in [0.2, 0.25) is 0 Å². The van der Waals surface area contributed by atoms with Gasteiger partial charge in [-0.1, -0.05) is 6.07 Å². The largest absolute Gasteiger partial charge is 0.438 e. The minimum atomic E-state index is -0.511. The molecule has 0 aliphatic heterocycles. The fraction of sp³-hybridized carbons (Fsp3) is 0. The van der Waals surface area contributed by atoms with E-state index in [2.05, 4.69) is 20.9 Å². The van der Waals surface area contributed by atoms with Crippen LogP contribution >= 0.6 is 15.9 Å². The average molecular weight is 320 g/mol. The van der Waals surface area contributed by atoms with Crippen LogP contribution < -0.4 is 4.74 Å². The van der Waals surface area contributed by atoms with Gasteiger partial charge in [0, 0.05) is 18.3 Å². The van der Waals surface area contributed by atoms with E-state index in [1.807, 2.05) is 6.07 Å². The molecule has 0 fully saturated rings. The maximum absolute atomic E-state index is 10.8. The molecule has 0 N–H and O–H groups in total. The van der Waals surface area contributed by atoms with Crippen molar-refractivity contribution in [2.24, 2.45) is 0 Å². The van der Waals surface area contributed by atoms with Crippen LogP contribution in [-0.4, -0.2) is 9.91 Å². The zero-order valence-corrected chi connectivity index (χ0v) is 11.0. The number of halogens is 1. The molecule has 1 aromatic carbocycles. The third-order valence-electron chi connectivity index (χ3n) is 2.22. The highest BCUT2D eigenvalue weighted by Crippen LogP contribution is 2.35. The third-order valence-corrected chi connectivity index (χ3v) is 3.02. The summed E-state index contributed by atoms with van der Waals surface area (Å²) in [5, 5.41) is 19.4. The van der Waals surface area contributed by atoms with Crippen molar-refractivity contribution in [3.05, 3.63) is 56.7 Å². The number of benzene rings is 1. The number of hydrogen-bond acceptors (Lipinski definition) is 5. The molecule has 0 unspecified atom stereocenters. The molecule has 2 rings (SSSR count). The maximum atomic E-state index is 10.8. The highest BCUT2D eigenvalue weighted by Gasteiger charge is 2.16. The molecule has 19 heavy (non-hydrogen) atoms. The van der Waals surface area contributed by atoms with Crippen LogP contribution in [0, 0.1) is 21.4 Å². The number of aromatic nitrogens is 1. The van der Waals surface area contributed by atoms with Crippen LogP contribution in [0.1, 0.15) is 5.56 Å². The lowest BCUT2D eigenvalue weighted by Gasteiger charge is -2.06. The van der Waals surface area contributed by atoms with Crippen molar-refractivity contribution >= 4 is 21.6 Å². The number of hydrogen-bond donors (Lipinski definition) is 0. The number of nitriles is 1. The van der Waals surface area contributed by atoms with Gasteiger partial charge in [0.2, 0.25) is 5.88 Å². The van der Waals surface area contributed by atoms with E-state index in [9.17, 15) is 10.1 Å². The molecule has 0 radical (unpaired) electrons. The topological polar surface area (TPSA) is 89.0 Å². The Morgan fingerprint density at radius 2 is 2.16 bits per heavy atom. The van der Waals surface area contributed by atoms with Gasteiger partial charge in [0.25, 0.3) is 5.69 Å². The van der Waals surface area contributed by atoms with E-state index < -0.39 is 4.92 Å². The standard InChI is InChI=1S/C12H6BrN3O3/c13-12-9(16(17)18)2-1-3-10(12)19-11-5-4-8(6-14)7-15-11/h1-5,7H. The summed E-state index contributed by atoms with van der Waals surface area (Å²) in [7, 11) is 0. The number of pyridine rings is 1. The molecule has 0 amide bonds. The highest BCUT2D eigenvalue weighted by atomic mass is 79.9. The second-order valence-electron chi connectivity index (χ2n) is 3.45. The molecule has 0 aliphatic carbocycles. The van der Waals surface area contributed by atoms with Crippen molar-refractivity contribution in [3.8, 4) is 17.7 Å². The van der Waals surface area contributed by atoms with Gasteiger partial charge in [-0.15, -0.1) is 0 Å². The summed E-state index contributed by atoms with van der Waals surface area (Å²) in [4.78, 5) is 14.2. The Hall–Kier alpha value is -2.46. The fourth-order valence-corrected chi connectivity index (χ4v) is 1.83. The van der Waals surface area contributed by atoms with E-state index in [1.54, 1.807) is 12.1 Å². The van der Waals surface area contributed by atoms with Crippen LogP contribution in [0.4, 0.5) is 5.69 Å². The number of rotatable bonds is 3. The Morgan fingerprint density at radius 1 is 1.37 bits per heavy atom. The average Bonchev–Trinajstić information content (AvgIpc) is 2.41. The summed E-state index contributed by atoms with van der Waals surface area (Å²) in [6.07, 6.45) is 1.36. The van der Waals surface area contributed by atoms with Crippen molar-refractivity contribution in [2.45, 2.75) is 0 Å². The Morgan fingerprint density at radius 3 is 2.74 bits per heavy atom. The first-order valence-corrected chi connectivity index (χ1v) is 5.88. The first-order valence-electron chi connectivity index (χ1n) is 5.08. The van der Waals surface area contributed by atoms with Gasteiger partial charge in [-0.2, -0.15) is 5.26 Å². The molecular formula is C12H6BrN3O3. The van der Waals surface area contributed by atoms with E-state index in [4.69, 9.17) is 10.00 Å². The quantitative estimate of drug-likeness (QED) is 0.638. The zero-order chi connectivity index (χ0) is 13.8. The molecule has 2 aromatic rings. The summed E-state index contributed by atoms with van der Waals surface area (Å²) in [6.45, 7) is 0. The Kier molecular flexibility index (Phi) is 3.73. The second-order valence-corrected chi connectivity index (χ2v) is 4.24. The van der Waals surface area contributed by atoms with Crippen molar-refractivity contribution in [1.29, 1.82) is 5.26 Å². The molecule has 0 saturated heterocycles. The van der Waals surface area contributed by atoms with Gasteiger partial charge in [0.05, 0.1) is 10.5 Å². The molecule has 6 nitrogen and oxygen atoms in total. The zero-order valence-electron chi connectivity index (χ0n) is 9.41. The molecule has 0 saturated carbocycles. The molecule has 0 spiro atoms. The lowest BCUT2D eigenvalue weighted by Crippen LogP contribution is -1.93. The van der Waals surface area contributed by atoms with E-state index in [0.717, 1.165) is 0 Å². The first-order chi connectivity index (χ1) is 9.11.